The highest BCUT2D eigenvalue weighted by Crippen LogP contribution is 2.50. The standard InChI is InChI=1S/C32H56O4/c1-31(2,23-9-7-6-8-10-23)25-13-19-28(20-14-25)35-30(33)36-29-21-15-26(16-22-29)32(3,4)24-11-17-27(34-5)18-12-24/h23-29H,6-22H2,1-5H3. The van der Waals surface area contributed by atoms with Crippen LogP contribution in [0.1, 0.15) is 137 Å². The lowest BCUT2D eigenvalue weighted by Crippen LogP contribution is -2.39. The van der Waals surface area contributed by atoms with E-state index in [1.165, 1.54) is 70.6 Å². The zero-order valence-electron chi connectivity index (χ0n) is 24.2. The van der Waals surface area contributed by atoms with Crippen molar-refractivity contribution >= 4 is 6.16 Å². The molecule has 36 heavy (non-hydrogen) atoms. The van der Waals surface area contributed by atoms with Crippen molar-refractivity contribution in [2.24, 2.45) is 34.5 Å². The Morgan fingerprint density at radius 3 is 1.19 bits per heavy atom. The van der Waals surface area contributed by atoms with Crippen molar-refractivity contribution in [3.05, 3.63) is 0 Å². The van der Waals surface area contributed by atoms with Gasteiger partial charge in [0.1, 0.15) is 12.2 Å². The first-order chi connectivity index (χ1) is 17.2. The smallest absolute Gasteiger partial charge is 0.431 e. The van der Waals surface area contributed by atoms with E-state index >= 15 is 0 Å². The van der Waals surface area contributed by atoms with Crippen LogP contribution in [0.3, 0.4) is 0 Å². The van der Waals surface area contributed by atoms with Gasteiger partial charge in [-0.2, -0.15) is 0 Å². The van der Waals surface area contributed by atoms with Gasteiger partial charge in [-0.1, -0.05) is 47.0 Å². The minimum Gasteiger partial charge on any atom is -0.431 e. The van der Waals surface area contributed by atoms with Crippen LogP contribution in [0.2, 0.25) is 0 Å². The molecule has 4 rings (SSSR count). The second kappa shape index (κ2) is 12.4. The first-order valence-electron chi connectivity index (χ1n) is 15.6. The summed E-state index contributed by atoms with van der Waals surface area (Å²) in [6, 6.07) is 0. The SMILES string of the molecule is COC1CCC(C(C)(C)C2CCC(OC(=O)OC3CCC(C(C)(C)C4CCCCC4)CC3)CC2)CC1. The van der Waals surface area contributed by atoms with Crippen LogP contribution < -0.4 is 0 Å². The van der Waals surface area contributed by atoms with E-state index in [-0.39, 0.29) is 12.2 Å². The number of hydrogen-bond donors (Lipinski definition) is 0. The summed E-state index contributed by atoms with van der Waals surface area (Å²) in [5, 5.41) is 0. The largest absolute Gasteiger partial charge is 0.508 e. The van der Waals surface area contributed by atoms with Crippen molar-refractivity contribution in [2.45, 2.75) is 155 Å². The van der Waals surface area contributed by atoms with Crippen LogP contribution in [0.5, 0.6) is 0 Å². The lowest BCUT2D eigenvalue weighted by Gasteiger charge is -2.46. The molecule has 0 aromatic carbocycles. The molecule has 0 bridgehead atoms. The summed E-state index contributed by atoms with van der Waals surface area (Å²) < 4.78 is 17.3. The summed E-state index contributed by atoms with van der Waals surface area (Å²) >= 11 is 0. The summed E-state index contributed by atoms with van der Waals surface area (Å²) in [6.07, 6.45) is 20.8. The lowest BCUT2D eigenvalue weighted by molar-refractivity contribution is -0.0469. The second-order valence-electron chi connectivity index (χ2n) is 14.1. The topological polar surface area (TPSA) is 44.8 Å². The molecule has 0 aromatic heterocycles. The van der Waals surface area contributed by atoms with E-state index in [9.17, 15) is 4.79 Å². The van der Waals surface area contributed by atoms with Gasteiger partial charge in [-0.25, -0.2) is 4.79 Å². The molecule has 4 heteroatoms. The van der Waals surface area contributed by atoms with Crippen molar-refractivity contribution in [3.63, 3.8) is 0 Å². The highest BCUT2D eigenvalue weighted by Gasteiger charge is 2.42. The van der Waals surface area contributed by atoms with Gasteiger partial charge in [-0.15, -0.1) is 0 Å². The van der Waals surface area contributed by atoms with E-state index in [2.05, 4.69) is 27.7 Å². The van der Waals surface area contributed by atoms with Gasteiger partial charge in [0.15, 0.2) is 0 Å². The van der Waals surface area contributed by atoms with Gasteiger partial charge in [0.05, 0.1) is 6.10 Å². The van der Waals surface area contributed by atoms with Gasteiger partial charge in [0.25, 0.3) is 0 Å². The fraction of sp³-hybridized carbons (Fsp3) is 0.969. The third-order valence-corrected chi connectivity index (χ3v) is 11.7. The van der Waals surface area contributed by atoms with E-state index in [0.717, 1.165) is 62.2 Å². The fourth-order valence-corrected chi connectivity index (χ4v) is 8.71. The summed E-state index contributed by atoms with van der Waals surface area (Å²) in [5.41, 5.74) is 0.773. The van der Waals surface area contributed by atoms with Crippen molar-refractivity contribution in [1.29, 1.82) is 0 Å². The lowest BCUT2D eigenvalue weighted by atomic mass is 9.60. The van der Waals surface area contributed by atoms with Crippen LogP contribution in [0.15, 0.2) is 0 Å². The monoisotopic (exact) mass is 504 g/mol. The maximum Gasteiger partial charge on any atom is 0.508 e. The molecule has 0 aliphatic heterocycles. The highest BCUT2D eigenvalue weighted by molar-refractivity contribution is 5.60. The van der Waals surface area contributed by atoms with Crippen LogP contribution in [-0.2, 0) is 14.2 Å². The van der Waals surface area contributed by atoms with E-state index < -0.39 is 6.16 Å². The maximum absolute atomic E-state index is 12.6. The summed E-state index contributed by atoms with van der Waals surface area (Å²) in [4.78, 5) is 12.6. The minimum absolute atomic E-state index is 0.0374. The molecule has 208 valence electrons. The van der Waals surface area contributed by atoms with Gasteiger partial charge in [0.2, 0.25) is 0 Å². The molecule has 4 fully saturated rings. The molecule has 0 N–H and O–H groups in total. The van der Waals surface area contributed by atoms with Gasteiger partial charge >= 0.3 is 6.16 Å². The van der Waals surface area contributed by atoms with Crippen LogP contribution in [0, 0.1) is 34.5 Å². The number of carbonyl (C=O) groups is 1. The molecular formula is C32H56O4. The third kappa shape index (κ3) is 6.80. The molecule has 4 nitrogen and oxygen atoms in total. The molecule has 0 heterocycles. The molecular weight excluding hydrogens is 448 g/mol. The Hall–Kier alpha value is -0.770. The van der Waals surface area contributed by atoms with E-state index in [1.807, 2.05) is 7.11 Å². The first kappa shape index (κ1) is 28.2. The van der Waals surface area contributed by atoms with Gasteiger partial charge < -0.3 is 14.2 Å². The predicted octanol–water partition coefficient (Wildman–Crippen LogP) is 9.10. The molecule has 4 saturated carbocycles. The number of methoxy groups -OCH3 is 1. The zero-order chi connectivity index (χ0) is 25.8. The van der Waals surface area contributed by atoms with Crippen molar-refractivity contribution in [1.82, 2.24) is 0 Å². The first-order valence-corrected chi connectivity index (χ1v) is 15.6. The Labute approximate surface area is 222 Å². The third-order valence-electron chi connectivity index (χ3n) is 11.7. The molecule has 0 atom stereocenters. The van der Waals surface area contributed by atoms with Crippen molar-refractivity contribution in [2.75, 3.05) is 7.11 Å². The molecule has 0 spiro atoms. The second-order valence-corrected chi connectivity index (χ2v) is 14.1. The van der Waals surface area contributed by atoms with E-state index in [1.54, 1.807) is 0 Å². The Bertz CT molecular complexity index is 670. The van der Waals surface area contributed by atoms with Crippen LogP contribution in [0.4, 0.5) is 4.79 Å². The molecule has 0 saturated heterocycles. The van der Waals surface area contributed by atoms with Gasteiger partial charge in [-0.05, 0) is 124 Å². The Morgan fingerprint density at radius 1 is 0.500 bits per heavy atom. The number of carbonyl (C=O) groups excluding carboxylic acids is 1. The van der Waals surface area contributed by atoms with Gasteiger partial charge in [-0.3, -0.25) is 0 Å². The van der Waals surface area contributed by atoms with Crippen LogP contribution in [-0.4, -0.2) is 31.6 Å². The molecule has 0 aromatic rings. The molecule has 4 aliphatic rings. The quantitative estimate of drug-likeness (QED) is 0.324. The Morgan fingerprint density at radius 2 is 0.833 bits per heavy atom. The van der Waals surface area contributed by atoms with Crippen LogP contribution >= 0.6 is 0 Å². The predicted molar refractivity (Wildman–Crippen MR) is 146 cm³/mol. The molecule has 0 amide bonds. The van der Waals surface area contributed by atoms with E-state index in [0.29, 0.717) is 16.9 Å². The summed E-state index contributed by atoms with van der Waals surface area (Å²) in [5.74, 6) is 3.15. The fourth-order valence-electron chi connectivity index (χ4n) is 8.71. The summed E-state index contributed by atoms with van der Waals surface area (Å²) in [6.45, 7) is 9.98. The summed E-state index contributed by atoms with van der Waals surface area (Å²) in [7, 11) is 1.85. The molecule has 4 aliphatic carbocycles. The van der Waals surface area contributed by atoms with Gasteiger partial charge in [0, 0.05) is 7.11 Å². The Balaban J connectivity index is 1.15. The molecule has 0 unspecified atom stereocenters. The average molecular weight is 505 g/mol. The number of rotatable bonds is 7. The van der Waals surface area contributed by atoms with Crippen molar-refractivity contribution < 1.29 is 19.0 Å². The highest BCUT2D eigenvalue weighted by atomic mass is 16.7. The zero-order valence-corrected chi connectivity index (χ0v) is 24.2. The Kier molecular flexibility index (Phi) is 9.72. The average Bonchev–Trinajstić information content (AvgIpc) is 2.90. The maximum atomic E-state index is 12.6. The minimum atomic E-state index is -0.411. The van der Waals surface area contributed by atoms with E-state index in [4.69, 9.17) is 14.2 Å². The normalized spacial score (nSPS) is 35.2. The van der Waals surface area contributed by atoms with Crippen molar-refractivity contribution in [3.8, 4) is 0 Å². The van der Waals surface area contributed by atoms with Crippen LogP contribution in [0.25, 0.3) is 0 Å². The number of ether oxygens (including phenoxy) is 3. The number of hydrogen-bond acceptors (Lipinski definition) is 4. The molecule has 0 radical (unpaired) electrons.